The number of hydrogen-bond acceptors (Lipinski definition) is 2. The quantitative estimate of drug-likeness (QED) is 0.908. The summed E-state index contributed by atoms with van der Waals surface area (Å²) in [7, 11) is 0. The summed E-state index contributed by atoms with van der Waals surface area (Å²) in [6.45, 7) is 7.45. The molecule has 0 aliphatic carbocycles. The summed E-state index contributed by atoms with van der Waals surface area (Å²) in [6.07, 6.45) is 3.69. The molecule has 3 nitrogen and oxygen atoms in total. The number of aromatic nitrogens is 2. The summed E-state index contributed by atoms with van der Waals surface area (Å²) >= 11 is 6.06. The molecule has 96 valence electrons. The number of halogens is 1. The minimum Gasteiger partial charge on any atom is -0.383 e. The monoisotopic (exact) mass is 263 g/mol. The molecule has 0 radical (unpaired) electrons. The molecule has 0 aliphatic rings. The Kier molecular flexibility index (Phi) is 3.62. The van der Waals surface area contributed by atoms with Crippen molar-refractivity contribution in [1.82, 2.24) is 9.78 Å². The topological polar surface area (TPSA) is 29.9 Å². The summed E-state index contributed by atoms with van der Waals surface area (Å²) in [6, 6.07) is 7.69. The van der Waals surface area contributed by atoms with E-state index in [0.29, 0.717) is 0 Å². The van der Waals surface area contributed by atoms with E-state index in [4.69, 9.17) is 11.6 Å². The molecule has 0 spiro atoms. The molecule has 4 heteroatoms. The lowest BCUT2D eigenvalue weighted by Gasteiger charge is -2.21. The zero-order valence-corrected chi connectivity index (χ0v) is 11.7. The first-order chi connectivity index (χ1) is 8.46. The Labute approximate surface area is 113 Å². The van der Waals surface area contributed by atoms with Gasteiger partial charge >= 0.3 is 0 Å². The van der Waals surface area contributed by atoms with Crippen molar-refractivity contribution >= 4 is 17.3 Å². The maximum Gasteiger partial charge on any atom is 0.0877 e. The molecule has 0 unspecified atom stereocenters. The van der Waals surface area contributed by atoms with Crippen molar-refractivity contribution in [2.24, 2.45) is 5.41 Å². The largest absolute Gasteiger partial charge is 0.383 e. The SMILES string of the molecule is CC(C)(C)CNc1cc(Cl)ccc1-n1cccn1. The fourth-order valence-corrected chi connectivity index (χ4v) is 1.79. The maximum absolute atomic E-state index is 6.06. The van der Waals surface area contributed by atoms with Gasteiger partial charge in [-0.15, -0.1) is 0 Å². The average Bonchev–Trinajstić information content (AvgIpc) is 2.79. The van der Waals surface area contributed by atoms with Gasteiger partial charge in [0.1, 0.15) is 0 Å². The van der Waals surface area contributed by atoms with Gasteiger partial charge in [-0.05, 0) is 29.7 Å². The molecule has 2 rings (SSSR count). The Bertz CT molecular complexity index is 512. The lowest BCUT2D eigenvalue weighted by molar-refractivity contribution is 0.443. The molecular formula is C14H18ClN3. The molecule has 1 aromatic heterocycles. The van der Waals surface area contributed by atoms with Gasteiger partial charge in [0.2, 0.25) is 0 Å². The van der Waals surface area contributed by atoms with Crippen LogP contribution in [0.4, 0.5) is 5.69 Å². The third-order valence-corrected chi connectivity index (χ3v) is 2.75. The highest BCUT2D eigenvalue weighted by atomic mass is 35.5. The van der Waals surface area contributed by atoms with Gasteiger partial charge in [0.05, 0.1) is 11.4 Å². The van der Waals surface area contributed by atoms with E-state index in [0.717, 1.165) is 22.9 Å². The lowest BCUT2D eigenvalue weighted by Crippen LogP contribution is -2.19. The van der Waals surface area contributed by atoms with Gasteiger partial charge in [-0.1, -0.05) is 32.4 Å². The van der Waals surface area contributed by atoms with E-state index in [9.17, 15) is 0 Å². The molecule has 0 amide bonds. The predicted octanol–water partition coefficient (Wildman–Crippen LogP) is 3.98. The molecule has 0 fully saturated rings. The zero-order valence-electron chi connectivity index (χ0n) is 10.9. The van der Waals surface area contributed by atoms with Crippen LogP contribution < -0.4 is 5.32 Å². The van der Waals surface area contributed by atoms with Crippen LogP contribution in [0.5, 0.6) is 0 Å². The number of nitrogens with one attached hydrogen (secondary N) is 1. The highest BCUT2D eigenvalue weighted by Crippen LogP contribution is 2.25. The molecule has 1 N–H and O–H groups in total. The van der Waals surface area contributed by atoms with Crippen molar-refractivity contribution in [1.29, 1.82) is 0 Å². The van der Waals surface area contributed by atoms with Crippen molar-refractivity contribution in [2.75, 3.05) is 11.9 Å². The summed E-state index contributed by atoms with van der Waals surface area (Å²) in [5, 5.41) is 8.42. The van der Waals surface area contributed by atoms with Crippen LogP contribution in [0.3, 0.4) is 0 Å². The predicted molar refractivity (Wildman–Crippen MR) is 76.5 cm³/mol. The van der Waals surface area contributed by atoms with Crippen molar-refractivity contribution in [3.8, 4) is 5.69 Å². The fourth-order valence-electron chi connectivity index (χ4n) is 1.62. The third-order valence-electron chi connectivity index (χ3n) is 2.52. The van der Waals surface area contributed by atoms with Gasteiger partial charge in [-0.25, -0.2) is 4.68 Å². The molecule has 0 bridgehead atoms. The minimum absolute atomic E-state index is 0.212. The number of nitrogens with zero attached hydrogens (tertiary/aromatic N) is 2. The van der Waals surface area contributed by atoms with E-state index in [1.807, 2.05) is 35.1 Å². The number of rotatable bonds is 3. The first-order valence-electron chi connectivity index (χ1n) is 5.99. The van der Waals surface area contributed by atoms with Crippen LogP contribution in [-0.2, 0) is 0 Å². The summed E-state index contributed by atoms with van der Waals surface area (Å²) in [5.41, 5.74) is 2.22. The van der Waals surface area contributed by atoms with E-state index >= 15 is 0 Å². The van der Waals surface area contributed by atoms with E-state index in [1.54, 1.807) is 6.20 Å². The number of hydrogen-bond donors (Lipinski definition) is 1. The molecule has 0 saturated heterocycles. The lowest BCUT2D eigenvalue weighted by atomic mass is 9.97. The Hall–Kier alpha value is -1.48. The van der Waals surface area contributed by atoms with Crippen molar-refractivity contribution in [2.45, 2.75) is 20.8 Å². The molecule has 1 heterocycles. The van der Waals surface area contributed by atoms with E-state index in [1.165, 1.54) is 0 Å². The van der Waals surface area contributed by atoms with Gasteiger partial charge in [0.25, 0.3) is 0 Å². The average molecular weight is 264 g/mol. The highest BCUT2D eigenvalue weighted by Gasteiger charge is 2.12. The summed E-state index contributed by atoms with van der Waals surface area (Å²) < 4.78 is 1.83. The van der Waals surface area contributed by atoms with E-state index in [-0.39, 0.29) is 5.41 Å². The van der Waals surface area contributed by atoms with Crippen LogP contribution in [0, 0.1) is 5.41 Å². The second-order valence-corrected chi connectivity index (χ2v) is 5.96. The van der Waals surface area contributed by atoms with Gasteiger partial charge in [0.15, 0.2) is 0 Å². The summed E-state index contributed by atoms with van der Waals surface area (Å²) in [4.78, 5) is 0. The van der Waals surface area contributed by atoms with Crippen LogP contribution in [0.25, 0.3) is 5.69 Å². The normalized spacial score (nSPS) is 11.6. The van der Waals surface area contributed by atoms with Crippen LogP contribution in [0.15, 0.2) is 36.7 Å². The number of anilines is 1. The highest BCUT2D eigenvalue weighted by molar-refractivity contribution is 6.31. The smallest absolute Gasteiger partial charge is 0.0877 e. The van der Waals surface area contributed by atoms with Crippen molar-refractivity contribution in [3.05, 3.63) is 41.7 Å². The Morgan fingerprint density at radius 3 is 2.72 bits per heavy atom. The molecule has 0 aliphatic heterocycles. The standard InChI is InChI=1S/C14H18ClN3/c1-14(2,3)10-16-12-9-11(15)5-6-13(12)18-8-4-7-17-18/h4-9,16H,10H2,1-3H3. The Morgan fingerprint density at radius 1 is 1.33 bits per heavy atom. The molecule has 2 aromatic rings. The number of benzene rings is 1. The molecule has 18 heavy (non-hydrogen) atoms. The maximum atomic E-state index is 6.06. The van der Waals surface area contributed by atoms with Crippen molar-refractivity contribution in [3.63, 3.8) is 0 Å². The zero-order chi connectivity index (χ0) is 13.2. The fraction of sp³-hybridized carbons (Fsp3) is 0.357. The van der Waals surface area contributed by atoms with Gasteiger partial charge in [-0.2, -0.15) is 5.10 Å². The van der Waals surface area contributed by atoms with E-state index in [2.05, 4.69) is 31.2 Å². The van der Waals surface area contributed by atoms with Crippen LogP contribution in [0.1, 0.15) is 20.8 Å². The molecule has 0 atom stereocenters. The van der Waals surface area contributed by atoms with Gasteiger partial charge in [0, 0.05) is 24.0 Å². The Balaban J connectivity index is 2.30. The molecule has 1 aromatic carbocycles. The van der Waals surface area contributed by atoms with Crippen LogP contribution >= 0.6 is 11.6 Å². The van der Waals surface area contributed by atoms with Crippen molar-refractivity contribution < 1.29 is 0 Å². The second-order valence-electron chi connectivity index (χ2n) is 5.53. The first-order valence-corrected chi connectivity index (χ1v) is 6.37. The molecule has 0 saturated carbocycles. The molecular weight excluding hydrogens is 246 g/mol. The minimum atomic E-state index is 0.212. The van der Waals surface area contributed by atoms with Crippen LogP contribution in [0.2, 0.25) is 5.02 Å². The third kappa shape index (κ3) is 3.26. The van der Waals surface area contributed by atoms with Gasteiger partial charge < -0.3 is 5.32 Å². The van der Waals surface area contributed by atoms with E-state index < -0.39 is 0 Å². The Morgan fingerprint density at radius 2 is 2.11 bits per heavy atom. The summed E-state index contributed by atoms with van der Waals surface area (Å²) in [5.74, 6) is 0. The van der Waals surface area contributed by atoms with Gasteiger partial charge in [-0.3, -0.25) is 0 Å². The second kappa shape index (κ2) is 5.02. The van der Waals surface area contributed by atoms with Crippen LogP contribution in [-0.4, -0.2) is 16.3 Å². The first kappa shape index (κ1) is 13.0.